The average molecular weight is 475 g/mol. The Hall–Kier alpha value is -2.14. The fourth-order valence-electron chi connectivity index (χ4n) is 1.99. The number of esters is 2. The number of hydrogen-bond acceptors (Lipinski definition) is 6. The van der Waals surface area contributed by atoms with Gasteiger partial charge in [-0.15, -0.1) is 0 Å². The Morgan fingerprint density at radius 2 is 1.40 bits per heavy atom. The molecule has 0 bridgehead atoms. The maximum absolute atomic E-state index is 12.5. The molecular weight excluding hydrogens is 461 g/mol. The van der Waals surface area contributed by atoms with Crippen LogP contribution in [0.1, 0.15) is 20.7 Å². The van der Waals surface area contributed by atoms with Crippen molar-refractivity contribution in [2.75, 3.05) is 18.9 Å². The van der Waals surface area contributed by atoms with Crippen LogP contribution in [-0.4, -0.2) is 34.6 Å². The SMILES string of the molecule is COC(=O)c1cc(NS(=O)(=O)c2ccc(I)cc2)cc(C(=O)OC)c1. The van der Waals surface area contributed by atoms with Crippen LogP contribution in [0, 0.1) is 3.57 Å². The van der Waals surface area contributed by atoms with Gasteiger partial charge in [0.25, 0.3) is 10.0 Å². The molecule has 0 heterocycles. The minimum absolute atomic E-state index is 0.0192. The van der Waals surface area contributed by atoms with E-state index in [1.165, 1.54) is 44.6 Å². The number of methoxy groups -OCH3 is 2. The van der Waals surface area contributed by atoms with E-state index in [0.717, 1.165) is 3.57 Å². The topological polar surface area (TPSA) is 98.8 Å². The molecule has 7 nitrogen and oxygen atoms in total. The van der Waals surface area contributed by atoms with Gasteiger partial charge in [-0.25, -0.2) is 18.0 Å². The van der Waals surface area contributed by atoms with Crippen molar-refractivity contribution < 1.29 is 27.5 Å². The number of halogens is 1. The molecule has 0 radical (unpaired) electrons. The van der Waals surface area contributed by atoms with E-state index < -0.39 is 22.0 Å². The Balaban J connectivity index is 2.45. The van der Waals surface area contributed by atoms with Gasteiger partial charge < -0.3 is 9.47 Å². The van der Waals surface area contributed by atoms with Crippen LogP contribution in [0.5, 0.6) is 0 Å². The summed E-state index contributed by atoms with van der Waals surface area (Å²) in [7, 11) is -1.52. The summed E-state index contributed by atoms with van der Waals surface area (Å²) in [5.74, 6) is -1.42. The van der Waals surface area contributed by atoms with Crippen LogP contribution < -0.4 is 4.72 Å². The third-order valence-electron chi connectivity index (χ3n) is 3.15. The summed E-state index contributed by atoms with van der Waals surface area (Å²) in [6.07, 6.45) is 0. The van der Waals surface area contributed by atoms with Crippen molar-refractivity contribution >= 4 is 50.2 Å². The van der Waals surface area contributed by atoms with Crippen molar-refractivity contribution in [1.29, 1.82) is 0 Å². The van der Waals surface area contributed by atoms with E-state index in [2.05, 4.69) is 36.8 Å². The molecule has 0 aliphatic carbocycles. The van der Waals surface area contributed by atoms with E-state index >= 15 is 0 Å². The first-order chi connectivity index (χ1) is 11.8. The van der Waals surface area contributed by atoms with Gasteiger partial charge in [-0.3, -0.25) is 4.72 Å². The summed E-state index contributed by atoms with van der Waals surface area (Å²) < 4.78 is 37.4. The van der Waals surface area contributed by atoms with E-state index in [-0.39, 0.29) is 21.7 Å². The maximum Gasteiger partial charge on any atom is 0.337 e. The minimum atomic E-state index is -3.89. The molecule has 0 atom stereocenters. The first-order valence-corrected chi connectivity index (χ1v) is 9.43. The fourth-order valence-corrected chi connectivity index (χ4v) is 3.39. The smallest absolute Gasteiger partial charge is 0.337 e. The molecule has 0 aromatic heterocycles. The third-order valence-corrected chi connectivity index (χ3v) is 5.27. The van der Waals surface area contributed by atoms with Crippen LogP contribution in [0.4, 0.5) is 5.69 Å². The summed E-state index contributed by atoms with van der Waals surface area (Å²) >= 11 is 2.06. The number of rotatable bonds is 5. The lowest BCUT2D eigenvalue weighted by atomic mass is 10.1. The van der Waals surface area contributed by atoms with Crippen LogP contribution in [-0.2, 0) is 19.5 Å². The van der Waals surface area contributed by atoms with Crippen molar-refractivity contribution in [3.63, 3.8) is 0 Å². The summed E-state index contributed by atoms with van der Waals surface area (Å²) in [5.41, 5.74) is 0.0817. The van der Waals surface area contributed by atoms with E-state index in [0.29, 0.717) is 0 Å². The molecule has 2 aromatic rings. The molecular formula is C16H14INO6S. The first-order valence-electron chi connectivity index (χ1n) is 6.87. The Morgan fingerprint density at radius 1 is 0.920 bits per heavy atom. The molecule has 0 fully saturated rings. The van der Waals surface area contributed by atoms with Crippen molar-refractivity contribution in [2.45, 2.75) is 4.90 Å². The van der Waals surface area contributed by atoms with Crippen molar-refractivity contribution in [3.8, 4) is 0 Å². The van der Waals surface area contributed by atoms with Gasteiger partial charge in [-0.2, -0.15) is 0 Å². The van der Waals surface area contributed by atoms with E-state index in [9.17, 15) is 18.0 Å². The van der Waals surface area contributed by atoms with E-state index in [1.54, 1.807) is 12.1 Å². The highest BCUT2D eigenvalue weighted by Gasteiger charge is 2.18. The lowest BCUT2D eigenvalue weighted by molar-refractivity contribution is 0.0599. The predicted octanol–water partition coefficient (Wildman–Crippen LogP) is 2.67. The van der Waals surface area contributed by atoms with Gasteiger partial charge in [0.05, 0.1) is 35.9 Å². The monoisotopic (exact) mass is 475 g/mol. The van der Waals surface area contributed by atoms with Crippen LogP contribution in [0.2, 0.25) is 0 Å². The van der Waals surface area contributed by atoms with Crippen LogP contribution in [0.25, 0.3) is 0 Å². The summed E-state index contributed by atoms with van der Waals surface area (Å²) in [4.78, 5) is 23.6. The van der Waals surface area contributed by atoms with Crippen molar-refractivity contribution in [3.05, 3.63) is 57.2 Å². The normalized spacial score (nSPS) is 10.8. The maximum atomic E-state index is 12.5. The van der Waals surface area contributed by atoms with Gasteiger partial charge in [-0.1, -0.05) is 0 Å². The largest absolute Gasteiger partial charge is 0.465 e. The molecule has 0 saturated heterocycles. The van der Waals surface area contributed by atoms with Gasteiger partial charge >= 0.3 is 11.9 Å². The molecule has 2 aromatic carbocycles. The molecule has 25 heavy (non-hydrogen) atoms. The molecule has 0 unspecified atom stereocenters. The van der Waals surface area contributed by atoms with Gasteiger partial charge in [0.15, 0.2) is 0 Å². The summed E-state index contributed by atoms with van der Waals surface area (Å²) in [5, 5.41) is 0. The molecule has 9 heteroatoms. The fraction of sp³-hybridized carbons (Fsp3) is 0.125. The zero-order valence-corrected chi connectivity index (χ0v) is 16.3. The second kappa shape index (κ2) is 7.83. The van der Waals surface area contributed by atoms with Gasteiger partial charge in [-0.05, 0) is 65.1 Å². The van der Waals surface area contributed by atoms with Crippen molar-refractivity contribution in [1.82, 2.24) is 0 Å². The van der Waals surface area contributed by atoms with Gasteiger partial charge in [0.1, 0.15) is 0 Å². The quantitative estimate of drug-likeness (QED) is 0.528. The highest BCUT2D eigenvalue weighted by atomic mass is 127. The number of carbonyl (C=O) groups excluding carboxylic acids is 2. The molecule has 0 aliphatic heterocycles. The summed E-state index contributed by atoms with van der Waals surface area (Å²) in [6.45, 7) is 0. The van der Waals surface area contributed by atoms with Crippen LogP contribution in [0.15, 0.2) is 47.4 Å². The number of sulfonamides is 1. The molecule has 1 N–H and O–H groups in total. The second-order valence-corrected chi connectivity index (χ2v) is 7.77. The molecule has 0 aliphatic rings. The number of nitrogens with one attached hydrogen (secondary N) is 1. The molecule has 0 saturated carbocycles. The molecule has 2 rings (SSSR count). The van der Waals surface area contributed by atoms with Crippen LogP contribution in [0.3, 0.4) is 0 Å². The third kappa shape index (κ3) is 4.69. The van der Waals surface area contributed by atoms with Crippen LogP contribution >= 0.6 is 22.6 Å². The number of hydrogen-bond donors (Lipinski definition) is 1. The molecule has 132 valence electrons. The Morgan fingerprint density at radius 3 is 1.84 bits per heavy atom. The Labute approximate surface area is 158 Å². The lowest BCUT2D eigenvalue weighted by Crippen LogP contribution is -2.15. The standard InChI is InChI=1S/C16H14INO6S/c1-23-15(19)10-7-11(16(20)24-2)9-13(8-10)18-25(21,22)14-5-3-12(17)4-6-14/h3-9,18H,1-2H3. The number of benzene rings is 2. The van der Waals surface area contributed by atoms with E-state index in [1.807, 2.05) is 0 Å². The van der Waals surface area contributed by atoms with Crippen molar-refractivity contribution in [2.24, 2.45) is 0 Å². The zero-order valence-electron chi connectivity index (χ0n) is 13.3. The van der Waals surface area contributed by atoms with Gasteiger partial charge in [0, 0.05) is 3.57 Å². The summed E-state index contributed by atoms with van der Waals surface area (Å²) in [6, 6.07) is 10.0. The average Bonchev–Trinajstić information content (AvgIpc) is 2.59. The van der Waals surface area contributed by atoms with Gasteiger partial charge in [0.2, 0.25) is 0 Å². The minimum Gasteiger partial charge on any atom is -0.465 e. The highest BCUT2D eigenvalue weighted by Crippen LogP contribution is 2.21. The predicted molar refractivity (Wildman–Crippen MR) is 99.1 cm³/mol. The first kappa shape index (κ1) is 19.2. The highest BCUT2D eigenvalue weighted by molar-refractivity contribution is 14.1. The number of ether oxygens (including phenoxy) is 2. The second-order valence-electron chi connectivity index (χ2n) is 4.84. The number of carbonyl (C=O) groups is 2. The number of anilines is 1. The Kier molecular flexibility index (Phi) is 6.01. The zero-order chi connectivity index (χ0) is 18.6. The molecule has 0 spiro atoms. The Bertz CT molecular complexity index is 874. The molecule has 0 amide bonds. The van der Waals surface area contributed by atoms with E-state index in [4.69, 9.17) is 0 Å². The lowest BCUT2D eigenvalue weighted by Gasteiger charge is -2.11.